The molecule has 1 aromatic heterocycles. The summed E-state index contributed by atoms with van der Waals surface area (Å²) in [4.78, 5) is 35.0. The van der Waals surface area contributed by atoms with E-state index >= 15 is 0 Å². The zero-order chi connectivity index (χ0) is 14.9. The molecule has 10 nitrogen and oxygen atoms in total. The molecule has 0 aromatic carbocycles. The lowest BCUT2D eigenvalue weighted by Crippen LogP contribution is -2.37. The third-order valence-corrected chi connectivity index (χ3v) is 2.85. The number of nitrogens with zero attached hydrogens (tertiary/aromatic N) is 1. The fourth-order valence-corrected chi connectivity index (χ4v) is 1.89. The summed E-state index contributed by atoms with van der Waals surface area (Å²) < 4.78 is 10.6. The first-order chi connectivity index (χ1) is 9.40. The van der Waals surface area contributed by atoms with Crippen molar-refractivity contribution in [3.8, 4) is 0 Å². The molecule has 2 rings (SSSR count). The topological polar surface area (TPSA) is 157 Å². The molecule has 1 amide bonds. The summed E-state index contributed by atoms with van der Waals surface area (Å²) in [5.74, 6) is 0. The van der Waals surface area contributed by atoms with Gasteiger partial charge in [0.15, 0.2) is 6.23 Å². The summed E-state index contributed by atoms with van der Waals surface area (Å²) in [5.41, 5.74) is 3.38. The van der Waals surface area contributed by atoms with Crippen molar-refractivity contribution in [1.29, 1.82) is 0 Å². The van der Waals surface area contributed by atoms with E-state index in [-0.39, 0.29) is 6.61 Å². The summed E-state index contributed by atoms with van der Waals surface area (Å²) in [6, 6.07) is 1.07. The van der Waals surface area contributed by atoms with Gasteiger partial charge in [0.1, 0.15) is 24.9 Å². The summed E-state index contributed by atoms with van der Waals surface area (Å²) in [5, 5.41) is 19.6. The van der Waals surface area contributed by atoms with Gasteiger partial charge in [-0.1, -0.05) is 0 Å². The van der Waals surface area contributed by atoms with Crippen LogP contribution in [-0.4, -0.2) is 50.8 Å². The molecule has 110 valence electrons. The number of aliphatic hydroxyl groups excluding tert-OH is 2. The van der Waals surface area contributed by atoms with Crippen molar-refractivity contribution in [2.24, 2.45) is 5.73 Å². The average molecular weight is 287 g/mol. The molecule has 0 aliphatic carbocycles. The van der Waals surface area contributed by atoms with Crippen LogP contribution in [0.4, 0.5) is 4.79 Å². The van der Waals surface area contributed by atoms with Crippen LogP contribution in [0, 0.1) is 0 Å². The zero-order valence-corrected chi connectivity index (χ0v) is 10.1. The molecule has 0 unspecified atom stereocenters. The number of aliphatic hydroxyl groups is 2. The highest BCUT2D eigenvalue weighted by atomic mass is 16.6. The van der Waals surface area contributed by atoms with Gasteiger partial charge in [0.05, 0.1) is 0 Å². The molecule has 1 fully saturated rings. The Morgan fingerprint density at radius 1 is 1.45 bits per heavy atom. The number of aromatic amines is 1. The molecule has 0 saturated carbocycles. The minimum absolute atomic E-state index is 0.373. The van der Waals surface area contributed by atoms with Gasteiger partial charge < -0.3 is 25.4 Å². The van der Waals surface area contributed by atoms with Gasteiger partial charge in [-0.3, -0.25) is 14.3 Å². The van der Waals surface area contributed by atoms with Crippen LogP contribution in [-0.2, 0) is 9.47 Å². The highest BCUT2D eigenvalue weighted by Crippen LogP contribution is 2.28. The molecule has 20 heavy (non-hydrogen) atoms. The molecule has 1 saturated heterocycles. The number of rotatable bonds is 3. The van der Waals surface area contributed by atoms with Crippen LogP contribution in [0.3, 0.4) is 0 Å². The van der Waals surface area contributed by atoms with Gasteiger partial charge in [-0.25, -0.2) is 9.59 Å². The number of hydrogen-bond donors (Lipinski definition) is 4. The second kappa shape index (κ2) is 5.45. The number of primary amides is 1. The lowest BCUT2D eigenvalue weighted by Gasteiger charge is -2.16. The predicted octanol–water partition coefficient (Wildman–Crippen LogP) is -2.75. The van der Waals surface area contributed by atoms with Gasteiger partial charge in [0.25, 0.3) is 5.56 Å². The van der Waals surface area contributed by atoms with Crippen LogP contribution in [0.25, 0.3) is 0 Å². The van der Waals surface area contributed by atoms with Crippen molar-refractivity contribution in [3.63, 3.8) is 0 Å². The van der Waals surface area contributed by atoms with Crippen molar-refractivity contribution in [3.05, 3.63) is 33.1 Å². The first kappa shape index (κ1) is 14.2. The quantitative estimate of drug-likeness (QED) is 0.469. The molecule has 5 N–H and O–H groups in total. The van der Waals surface area contributed by atoms with E-state index < -0.39 is 41.9 Å². The summed E-state index contributed by atoms with van der Waals surface area (Å²) in [6.07, 6.45) is -4.99. The maximum Gasteiger partial charge on any atom is 0.404 e. The molecule has 10 heteroatoms. The van der Waals surface area contributed by atoms with E-state index in [0.29, 0.717) is 0 Å². The first-order valence-corrected chi connectivity index (χ1v) is 5.65. The fourth-order valence-electron chi connectivity index (χ4n) is 1.89. The third kappa shape index (κ3) is 2.71. The number of amides is 1. The van der Waals surface area contributed by atoms with Gasteiger partial charge >= 0.3 is 11.8 Å². The summed E-state index contributed by atoms with van der Waals surface area (Å²) >= 11 is 0. The number of ether oxygens (including phenoxy) is 2. The van der Waals surface area contributed by atoms with Crippen LogP contribution >= 0.6 is 0 Å². The highest BCUT2D eigenvalue weighted by Gasteiger charge is 2.44. The van der Waals surface area contributed by atoms with Crippen LogP contribution in [0.5, 0.6) is 0 Å². The smallest absolute Gasteiger partial charge is 0.404 e. The highest BCUT2D eigenvalue weighted by molar-refractivity contribution is 5.64. The number of H-pyrrole nitrogens is 1. The van der Waals surface area contributed by atoms with Crippen LogP contribution in [0.1, 0.15) is 6.23 Å². The van der Waals surface area contributed by atoms with Crippen molar-refractivity contribution < 1.29 is 24.5 Å². The second-order valence-electron chi connectivity index (χ2n) is 4.19. The van der Waals surface area contributed by atoms with Crippen molar-refractivity contribution in [1.82, 2.24) is 9.55 Å². The van der Waals surface area contributed by atoms with Crippen molar-refractivity contribution in [2.45, 2.75) is 24.5 Å². The monoisotopic (exact) mass is 287 g/mol. The van der Waals surface area contributed by atoms with Crippen LogP contribution in [0.15, 0.2) is 21.9 Å². The molecule has 1 aromatic rings. The Balaban J connectivity index is 2.19. The summed E-state index contributed by atoms with van der Waals surface area (Å²) in [7, 11) is 0. The van der Waals surface area contributed by atoms with E-state index in [1.165, 1.54) is 0 Å². The molecule has 1 aliphatic rings. The average Bonchev–Trinajstić information content (AvgIpc) is 2.64. The van der Waals surface area contributed by atoms with E-state index in [1.807, 2.05) is 4.98 Å². The lowest BCUT2D eigenvalue weighted by atomic mass is 10.1. The largest absolute Gasteiger partial charge is 0.447 e. The molecular weight excluding hydrogens is 274 g/mol. The summed E-state index contributed by atoms with van der Waals surface area (Å²) in [6.45, 7) is -0.373. The molecule has 1 aliphatic heterocycles. The second-order valence-corrected chi connectivity index (χ2v) is 4.19. The maximum atomic E-state index is 11.6. The van der Waals surface area contributed by atoms with E-state index in [0.717, 1.165) is 16.8 Å². The fraction of sp³-hybridized carbons (Fsp3) is 0.500. The predicted molar refractivity (Wildman–Crippen MR) is 62.8 cm³/mol. The van der Waals surface area contributed by atoms with E-state index in [2.05, 4.69) is 4.74 Å². The normalized spacial score (nSPS) is 29.3. The molecular formula is C10H13N3O7. The minimum atomic E-state index is -1.43. The van der Waals surface area contributed by atoms with E-state index in [1.54, 1.807) is 0 Å². The Morgan fingerprint density at radius 3 is 2.75 bits per heavy atom. The van der Waals surface area contributed by atoms with Gasteiger partial charge in [0.2, 0.25) is 0 Å². The van der Waals surface area contributed by atoms with Crippen LogP contribution < -0.4 is 17.0 Å². The van der Waals surface area contributed by atoms with Gasteiger partial charge in [-0.2, -0.15) is 0 Å². The Kier molecular flexibility index (Phi) is 3.88. The maximum absolute atomic E-state index is 11.6. The zero-order valence-electron chi connectivity index (χ0n) is 10.1. The van der Waals surface area contributed by atoms with Crippen molar-refractivity contribution >= 4 is 6.09 Å². The van der Waals surface area contributed by atoms with Crippen molar-refractivity contribution in [2.75, 3.05) is 6.61 Å². The number of aromatic nitrogens is 2. The van der Waals surface area contributed by atoms with Gasteiger partial charge in [0, 0.05) is 12.3 Å². The SMILES string of the molecule is NC(=O)OC[C@@H]1O[C@@H](n2ccc(=O)[nH]c2=O)[C@@H](O)[C@@H]1O. The Labute approximate surface area is 111 Å². The molecule has 2 heterocycles. The third-order valence-electron chi connectivity index (χ3n) is 2.85. The number of carbonyl (C=O) groups excluding carboxylic acids is 1. The molecule has 0 radical (unpaired) electrons. The number of nitrogens with one attached hydrogen (secondary N) is 1. The Morgan fingerprint density at radius 2 is 2.15 bits per heavy atom. The molecule has 0 bridgehead atoms. The number of carbonyl (C=O) groups is 1. The minimum Gasteiger partial charge on any atom is -0.447 e. The van der Waals surface area contributed by atoms with Gasteiger partial charge in [-0.15, -0.1) is 0 Å². The standard InChI is InChI=1S/C10H13N3O7/c11-9(17)19-3-4-6(15)7(16)8(20-4)13-2-1-5(14)12-10(13)18/h1-2,4,6-8,15-16H,3H2,(H2,11,17)(H,12,14,18)/t4-,6+,7-,8+/m0/s1. The Bertz CT molecular complexity index is 609. The number of hydrogen-bond acceptors (Lipinski definition) is 7. The van der Waals surface area contributed by atoms with Gasteiger partial charge in [-0.05, 0) is 0 Å². The lowest BCUT2D eigenvalue weighted by molar-refractivity contribution is -0.0563. The molecule has 0 spiro atoms. The molecule has 4 atom stereocenters. The van der Waals surface area contributed by atoms with Crippen LogP contribution in [0.2, 0.25) is 0 Å². The number of nitrogens with two attached hydrogens (primary N) is 1. The van der Waals surface area contributed by atoms with E-state index in [9.17, 15) is 24.6 Å². The van der Waals surface area contributed by atoms with E-state index in [4.69, 9.17) is 10.5 Å². The first-order valence-electron chi connectivity index (χ1n) is 5.65. The Hall–Kier alpha value is -2.17.